The Labute approximate surface area is 85.4 Å². The van der Waals surface area contributed by atoms with Crippen LogP contribution in [0.3, 0.4) is 0 Å². The SMILES string of the molecule is C/C(=C(/Cl)I)c1ccccc1. The molecule has 0 spiro atoms. The fraction of sp³-hybridized carbons (Fsp3) is 0.111. The van der Waals surface area contributed by atoms with Crippen molar-refractivity contribution < 1.29 is 0 Å². The maximum Gasteiger partial charge on any atom is 0.0824 e. The molecule has 1 aromatic rings. The van der Waals surface area contributed by atoms with Crippen LogP contribution in [-0.4, -0.2) is 0 Å². The van der Waals surface area contributed by atoms with Gasteiger partial charge in [0.15, 0.2) is 0 Å². The minimum absolute atomic E-state index is 0.828. The van der Waals surface area contributed by atoms with E-state index in [1.807, 2.05) is 25.1 Å². The Bertz CT molecular complexity index is 260. The Balaban J connectivity index is 3.04. The molecule has 0 nitrogen and oxygen atoms in total. The molecule has 0 aromatic heterocycles. The highest BCUT2D eigenvalue weighted by atomic mass is 127. The summed E-state index contributed by atoms with van der Waals surface area (Å²) in [6.07, 6.45) is 0. The van der Waals surface area contributed by atoms with Gasteiger partial charge < -0.3 is 0 Å². The van der Waals surface area contributed by atoms with Gasteiger partial charge in [0.25, 0.3) is 0 Å². The lowest BCUT2D eigenvalue weighted by Gasteiger charge is -1.99. The fourth-order valence-corrected chi connectivity index (χ4v) is 1.22. The first-order valence-corrected chi connectivity index (χ1v) is 4.75. The van der Waals surface area contributed by atoms with Crippen LogP contribution in [0.5, 0.6) is 0 Å². The molecule has 0 aliphatic rings. The number of allylic oxidation sites excluding steroid dienone is 1. The average Bonchev–Trinajstić information content (AvgIpc) is 2.05. The van der Waals surface area contributed by atoms with Gasteiger partial charge >= 0.3 is 0 Å². The number of hydrogen-bond donors (Lipinski definition) is 0. The molecule has 2 heteroatoms. The summed E-state index contributed by atoms with van der Waals surface area (Å²) in [6.45, 7) is 2.02. The lowest BCUT2D eigenvalue weighted by molar-refractivity contribution is 1.58. The van der Waals surface area contributed by atoms with Crippen LogP contribution in [-0.2, 0) is 0 Å². The summed E-state index contributed by atoms with van der Waals surface area (Å²) < 4.78 is 0.828. The van der Waals surface area contributed by atoms with E-state index in [1.54, 1.807) is 0 Å². The van der Waals surface area contributed by atoms with E-state index in [-0.39, 0.29) is 0 Å². The maximum atomic E-state index is 5.83. The molecule has 11 heavy (non-hydrogen) atoms. The van der Waals surface area contributed by atoms with Crippen molar-refractivity contribution in [3.05, 3.63) is 38.9 Å². The molecular formula is C9H8ClI. The topological polar surface area (TPSA) is 0 Å². The molecule has 0 saturated carbocycles. The molecule has 0 aliphatic carbocycles. The van der Waals surface area contributed by atoms with Crippen molar-refractivity contribution in [2.75, 3.05) is 0 Å². The van der Waals surface area contributed by atoms with E-state index < -0.39 is 0 Å². The third kappa shape index (κ3) is 2.49. The van der Waals surface area contributed by atoms with Crippen molar-refractivity contribution in [3.8, 4) is 0 Å². The van der Waals surface area contributed by atoms with Crippen molar-refractivity contribution in [2.24, 2.45) is 0 Å². The molecule has 0 amide bonds. The van der Waals surface area contributed by atoms with Gasteiger partial charge in [-0.25, -0.2) is 0 Å². The van der Waals surface area contributed by atoms with Crippen LogP contribution < -0.4 is 0 Å². The standard InChI is InChI=1S/C9H8ClI/c1-7(9(10)11)8-5-3-2-4-6-8/h2-6H,1H3/b9-7+. The predicted octanol–water partition coefficient (Wildman–Crippen LogP) is 4.05. The van der Waals surface area contributed by atoms with Crippen LogP contribution in [0.1, 0.15) is 12.5 Å². The molecule has 0 fully saturated rings. The van der Waals surface area contributed by atoms with Gasteiger partial charge in [-0.05, 0) is 40.7 Å². The quantitative estimate of drug-likeness (QED) is 0.680. The van der Waals surface area contributed by atoms with Crippen molar-refractivity contribution in [2.45, 2.75) is 6.92 Å². The highest BCUT2D eigenvalue weighted by Gasteiger charge is 1.96. The smallest absolute Gasteiger partial charge is 0.0769 e. The third-order valence-corrected chi connectivity index (χ3v) is 2.58. The van der Waals surface area contributed by atoms with E-state index >= 15 is 0 Å². The Morgan fingerprint density at radius 1 is 1.27 bits per heavy atom. The highest BCUT2D eigenvalue weighted by molar-refractivity contribution is 14.1. The van der Waals surface area contributed by atoms with Crippen LogP contribution in [0.4, 0.5) is 0 Å². The van der Waals surface area contributed by atoms with Gasteiger partial charge in [0.1, 0.15) is 0 Å². The van der Waals surface area contributed by atoms with E-state index in [2.05, 4.69) is 34.7 Å². The van der Waals surface area contributed by atoms with E-state index in [1.165, 1.54) is 5.56 Å². The van der Waals surface area contributed by atoms with Gasteiger partial charge in [0.2, 0.25) is 0 Å². The first-order valence-electron chi connectivity index (χ1n) is 3.29. The van der Waals surface area contributed by atoms with E-state index in [0.29, 0.717) is 0 Å². The Morgan fingerprint density at radius 2 is 1.82 bits per heavy atom. The molecule has 0 saturated heterocycles. The maximum absolute atomic E-state index is 5.83. The summed E-state index contributed by atoms with van der Waals surface area (Å²) in [5, 5.41) is 0. The Kier molecular flexibility index (Phi) is 3.40. The molecule has 1 aromatic carbocycles. The molecule has 0 atom stereocenters. The summed E-state index contributed by atoms with van der Waals surface area (Å²) in [6, 6.07) is 10.1. The fourth-order valence-electron chi connectivity index (χ4n) is 0.797. The van der Waals surface area contributed by atoms with Crippen molar-refractivity contribution in [1.29, 1.82) is 0 Å². The summed E-state index contributed by atoms with van der Waals surface area (Å²) in [4.78, 5) is 0. The minimum Gasteiger partial charge on any atom is -0.0769 e. The van der Waals surface area contributed by atoms with Crippen LogP contribution in [0.15, 0.2) is 33.4 Å². The first kappa shape index (κ1) is 9.07. The van der Waals surface area contributed by atoms with Gasteiger partial charge in [0.05, 0.1) is 3.04 Å². The number of halogens is 2. The largest absolute Gasteiger partial charge is 0.0824 e. The minimum atomic E-state index is 0.828. The monoisotopic (exact) mass is 278 g/mol. The van der Waals surface area contributed by atoms with Crippen LogP contribution >= 0.6 is 34.2 Å². The molecule has 0 radical (unpaired) electrons. The van der Waals surface area contributed by atoms with Gasteiger partial charge in [-0.15, -0.1) is 0 Å². The van der Waals surface area contributed by atoms with Gasteiger partial charge in [0, 0.05) is 0 Å². The first-order chi connectivity index (χ1) is 5.22. The van der Waals surface area contributed by atoms with E-state index in [0.717, 1.165) is 8.61 Å². The molecule has 1 rings (SSSR count). The molecule has 0 unspecified atom stereocenters. The van der Waals surface area contributed by atoms with Crippen molar-refractivity contribution in [3.63, 3.8) is 0 Å². The van der Waals surface area contributed by atoms with E-state index in [9.17, 15) is 0 Å². The zero-order chi connectivity index (χ0) is 8.27. The molecule has 0 heterocycles. The molecule has 58 valence electrons. The van der Waals surface area contributed by atoms with Crippen LogP contribution in [0, 0.1) is 0 Å². The molecule has 0 bridgehead atoms. The van der Waals surface area contributed by atoms with Crippen molar-refractivity contribution >= 4 is 39.8 Å². The molecular weight excluding hydrogens is 270 g/mol. The second-order valence-electron chi connectivity index (χ2n) is 2.25. The Morgan fingerprint density at radius 3 is 2.27 bits per heavy atom. The number of benzene rings is 1. The zero-order valence-electron chi connectivity index (χ0n) is 6.14. The van der Waals surface area contributed by atoms with Crippen molar-refractivity contribution in [1.82, 2.24) is 0 Å². The lowest BCUT2D eigenvalue weighted by Crippen LogP contribution is -1.76. The van der Waals surface area contributed by atoms with Gasteiger partial charge in [-0.3, -0.25) is 0 Å². The second kappa shape index (κ2) is 4.12. The zero-order valence-corrected chi connectivity index (χ0v) is 9.06. The number of rotatable bonds is 1. The summed E-state index contributed by atoms with van der Waals surface area (Å²) in [5.74, 6) is 0. The predicted molar refractivity (Wildman–Crippen MR) is 58.9 cm³/mol. The molecule has 0 aliphatic heterocycles. The third-order valence-electron chi connectivity index (χ3n) is 1.49. The van der Waals surface area contributed by atoms with E-state index in [4.69, 9.17) is 11.6 Å². The van der Waals surface area contributed by atoms with Crippen LogP contribution in [0.2, 0.25) is 0 Å². The van der Waals surface area contributed by atoms with Crippen LogP contribution in [0.25, 0.3) is 5.57 Å². The summed E-state index contributed by atoms with van der Waals surface area (Å²) >= 11 is 7.95. The van der Waals surface area contributed by atoms with Gasteiger partial charge in [-0.1, -0.05) is 41.9 Å². The summed E-state index contributed by atoms with van der Waals surface area (Å²) in [5.41, 5.74) is 2.32. The number of hydrogen-bond acceptors (Lipinski definition) is 0. The highest BCUT2D eigenvalue weighted by Crippen LogP contribution is 2.24. The van der Waals surface area contributed by atoms with Gasteiger partial charge in [-0.2, -0.15) is 0 Å². The molecule has 0 N–H and O–H groups in total. The summed E-state index contributed by atoms with van der Waals surface area (Å²) in [7, 11) is 0. The normalized spacial score (nSPS) is 12.6. The second-order valence-corrected chi connectivity index (χ2v) is 4.35. The lowest BCUT2D eigenvalue weighted by atomic mass is 10.1. The Hall–Kier alpha value is -0.0200. The average molecular weight is 279 g/mol.